The van der Waals surface area contributed by atoms with Crippen LogP contribution in [0.3, 0.4) is 0 Å². The molecule has 0 aliphatic heterocycles. The molecule has 2 aromatic carbocycles. The zero-order valence-corrected chi connectivity index (χ0v) is 19.6. The van der Waals surface area contributed by atoms with Crippen molar-refractivity contribution < 1.29 is 32.2 Å². The van der Waals surface area contributed by atoms with Gasteiger partial charge < -0.3 is 15.2 Å². The molecule has 0 aliphatic carbocycles. The summed E-state index contributed by atoms with van der Waals surface area (Å²) < 4.78 is 42.8. The van der Waals surface area contributed by atoms with Gasteiger partial charge in [0.25, 0.3) is 5.91 Å². The van der Waals surface area contributed by atoms with Crippen LogP contribution in [0.15, 0.2) is 71.2 Å². The number of carbonyl (C=O) groups excluding carboxylic acids is 1. The summed E-state index contributed by atoms with van der Waals surface area (Å²) in [6.07, 6.45) is 2.30. The number of nitrogens with zero attached hydrogens (tertiary/aromatic N) is 2. The zero-order valence-electron chi connectivity index (χ0n) is 17.9. The molecule has 9 nitrogen and oxygen atoms in total. The van der Waals surface area contributed by atoms with Gasteiger partial charge in [-0.05, 0) is 48.0 Å². The second-order valence-electron chi connectivity index (χ2n) is 7.20. The number of carboxylic acids is 1. The maximum atomic E-state index is 13.3. The summed E-state index contributed by atoms with van der Waals surface area (Å²) in [6, 6.07) is 14.3. The largest absolute Gasteiger partial charge is 0.477 e. The molecule has 0 saturated carbocycles. The summed E-state index contributed by atoms with van der Waals surface area (Å²) in [6.45, 7) is 0. The quantitative estimate of drug-likeness (QED) is 0.369. The van der Waals surface area contributed by atoms with Crippen molar-refractivity contribution in [3.05, 3.63) is 84.1 Å². The van der Waals surface area contributed by atoms with E-state index in [1.165, 1.54) is 42.6 Å². The van der Waals surface area contributed by atoms with E-state index in [4.69, 9.17) is 9.84 Å². The van der Waals surface area contributed by atoms with Crippen LogP contribution in [0.25, 0.3) is 10.4 Å². The lowest BCUT2D eigenvalue weighted by Gasteiger charge is -2.08. The Morgan fingerprint density at radius 1 is 1.03 bits per heavy atom. The maximum absolute atomic E-state index is 13.3. The highest BCUT2D eigenvalue weighted by Crippen LogP contribution is 2.33. The van der Waals surface area contributed by atoms with Crippen LogP contribution in [0, 0.1) is 5.82 Å². The van der Waals surface area contributed by atoms with E-state index < -0.39 is 27.5 Å². The Morgan fingerprint density at radius 3 is 2.34 bits per heavy atom. The van der Waals surface area contributed by atoms with Gasteiger partial charge >= 0.3 is 5.97 Å². The highest BCUT2D eigenvalue weighted by atomic mass is 32.2. The average molecular weight is 514 g/mol. The Labute approximate surface area is 202 Å². The molecule has 1 amide bonds. The molecular formula is C23H16FN3O6S2. The fourth-order valence-electron chi connectivity index (χ4n) is 2.93. The van der Waals surface area contributed by atoms with Gasteiger partial charge in [0.15, 0.2) is 5.69 Å². The topological polar surface area (TPSA) is 136 Å². The molecule has 0 bridgehead atoms. The van der Waals surface area contributed by atoms with Crippen LogP contribution in [0.4, 0.5) is 10.1 Å². The van der Waals surface area contributed by atoms with Gasteiger partial charge in [-0.25, -0.2) is 27.6 Å². The number of anilines is 1. The zero-order chi connectivity index (χ0) is 25.2. The Bertz CT molecular complexity index is 1520. The molecule has 2 aromatic heterocycles. The number of aromatic carboxylic acids is 1. The molecule has 0 aliphatic rings. The van der Waals surface area contributed by atoms with Gasteiger partial charge in [-0.3, -0.25) is 4.79 Å². The minimum Gasteiger partial charge on any atom is -0.477 e. The molecule has 35 heavy (non-hydrogen) atoms. The Balaban J connectivity index is 1.56. The number of sulfone groups is 1. The van der Waals surface area contributed by atoms with Crippen LogP contribution < -0.4 is 10.1 Å². The third kappa shape index (κ3) is 5.67. The van der Waals surface area contributed by atoms with Gasteiger partial charge in [0.1, 0.15) is 23.0 Å². The van der Waals surface area contributed by atoms with Gasteiger partial charge in [0.05, 0.1) is 4.88 Å². The first-order valence-corrected chi connectivity index (χ1v) is 12.6. The lowest BCUT2D eigenvalue weighted by molar-refractivity contribution is 0.0689. The first-order chi connectivity index (χ1) is 16.6. The van der Waals surface area contributed by atoms with Crippen LogP contribution in [-0.4, -0.2) is 41.6 Å². The smallest absolute Gasteiger partial charge is 0.354 e. The van der Waals surface area contributed by atoms with Gasteiger partial charge in [-0.2, -0.15) is 0 Å². The van der Waals surface area contributed by atoms with Crippen molar-refractivity contribution in [2.45, 2.75) is 4.34 Å². The van der Waals surface area contributed by atoms with E-state index in [1.54, 1.807) is 24.3 Å². The molecule has 4 rings (SSSR count). The number of hydrogen-bond acceptors (Lipinski definition) is 8. The number of rotatable bonds is 7. The van der Waals surface area contributed by atoms with Crippen LogP contribution in [-0.2, 0) is 9.84 Å². The van der Waals surface area contributed by atoms with E-state index in [1.807, 2.05) is 0 Å². The first-order valence-electron chi connectivity index (χ1n) is 9.85. The minimum atomic E-state index is -3.68. The molecule has 0 radical (unpaired) electrons. The number of carboxylic acid groups (broad SMARTS) is 1. The lowest BCUT2D eigenvalue weighted by atomic mass is 10.1. The number of halogens is 1. The average Bonchev–Trinajstić information content (AvgIpc) is 3.27. The van der Waals surface area contributed by atoms with E-state index in [0.717, 1.165) is 17.6 Å². The van der Waals surface area contributed by atoms with E-state index in [2.05, 4.69) is 15.3 Å². The number of nitrogens with one attached hydrogen (secondary N) is 1. The van der Waals surface area contributed by atoms with Crippen LogP contribution in [0.5, 0.6) is 11.5 Å². The van der Waals surface area contributed by atoms with Gasteiger partial charge in [-0.1, -0.05) is 12.1 Å². The normalized spacial score (nSPS) is 11.1. The first kappa shape index (κ1) is 24.0. The predicted octanol–water partition coefficient (Wildman–Crippen LogP) is 4.49. The fourth-order valence-corrected chi connectivity index (χ4v) is 4.85. The number of hydrogen-bond donors (Lipinski definition) is 2. The molecule has 0 fully saturated rings. The number of carbonyl (C=O) groups is 2. The summed E-state index contributed by atoms with van der Waals surface area (Å²) in [5.41, 5.74) is 0.549. The van der Waals surface area contributed by atoms with Crippen molar-refractivity contribution in [2.24, 2.45) is 0 Å². The highest BCUT2D eigenvalue weighted by molar-refractivity contribution is 7.92. The predicted molar refractivity (Wildman–Crippen MR) is 126 cm³/mol. The van der Waals surface area contributed by atoms with Crippen molar-refractivity contribution in [2.75, 3.05) is 11.6 Å². The Morgan fingerprint density at radius 2 is 1.71 bits per heavy atom. The lowest BCUT2D eigenvalue weighted by Crippen LogP contribution is -2.13. The molecule has 0 atom stereocenters. The minimum absolute atomic E-state index is 0.111. The van der Waals surface area contributed by atoms with E-state index >= 15 is 0 Å². The van der Waals surface area contributed by atoms with E-state index in [0.29, 0.717) is 17.0 Å². The van der Waals surface area contributed by atoms with Crippen molar-refractivity contribution in [1.82, 2.24) is 9.97 Å². The van der Waals surface area contributed by atoms with E-state index in [-0.39, 0.29) is 26.4 Å². The van der Waals surface area contributed by atoms with E-state index in [9.17, 15) is 22.4 Å². The summed E-state index contributed by atoms with van der Waals surface area (Å²) in [5.74, 6) is -1.65. The number of amides is 1. The number of ether oxygens (including phenoxy) is 1. The number of aromatic nitrogens is 2. The fraction of sp³-hybridized carbons (Fsp3) is 0.0435. The van der Waals surface area contributed by atoms with Gasteiger partial charge in [-0.15, -0.1) is 11.3 Å². The van der Waals surface area contributed by atoms with Crippen molar-refractivity contribution in [3.8, 4) is 21.9 Å². The number of benzene rings is 2. The monoisotopic (exact) mass is 513 g/mol. The van der Waals surface area contributed by atoms with Gasteiger partial charge in [0.2, 0.25) is 14.2 Å². The Hall–Kier alpha value is -4.16. The molecule has 2 heterocycles. The second kappa shape index (κ2) is 9.60. The third-order valence-corrected chi connectivity index (χ3v) is 7.33. The highest BCUT2D eigenvalue weighted by Gasteiger charge is 2.24. The summed E-state index contributed by atoms with van der Waals surface area (Å²) >= 11 is 0.822. The standard InChI is InChI=1S/C23H16FN3O6S2/c1-35(31,32)23-27-19(20(34-23)13-2-4-14(24)5-3-13)21(28)26-15-6-8-16(9-7-15)33-17-10-11-25-18(12-17)22(29)30/h2-12H,1H3,(H,26,28)(H,29,30). The molecule has 12 heteroatoms. The van der Waals surface area contributed by atoms with Crippen molar-refractivity contribution >= 4 is 38.7 Å². The van der Waals surface area contributed by atoms with Crippen molar-refractivity contribution in [3.63, 3.8) is 0 Å². The summed E-state index contributed by atoms with van der Waals surface area (Å²) in [5, 5.41) is 11.7. The van der Waals surface area contributed by atoms with Crippen LogP contribution in [0.1, 0.15) is 21.0 Å². The molecule has 2 N–H and O–H groups in total. The molecule has 0 saturated heterocycles. The van der Waals surface area contributed by atoms with Crippen LogP contribution >= 0.6 is 11.3 Å². The third-order valence-electron chi connectivity index (χ3n) is 4.54. The molecule has 178 valence electrons. The van der Waals surface area contributed by atoms with Crippen molar-refractivity contribution in [1.29, 1.82) is 0 Å². The van der Waals surface area contributed by atoms with Gasteiger partial charge in [0, 0.05) is 24.2 Å². The molecule has 0 unspecified atom stereocenters. The summed E-state index contributed by atoms with van der Waals surface area (Å²) in [4.78, 5) is 32.0. The summed E-state index contributed by atoms with van der Waals surface area (Å²) in [7, 11) is -3.68. The maximum Gasteiger partial charge on any atom is 0.354 e. The second-order valence-corrected chi connectivity index (χ2v) is 10.4. The number of thiazole rings is 1. The molecule has 4 aromatic rings. The Kier molecular flexibility index (Phi) is 6.58. The SMILES string of the molecule is CS(=O)(=O)c1nc(C(=O)Nc2ccc(Oc3ccnc(C(=O)O)c3)cc2)c(-c2ccc(F)cc2)s1. The molecular weight excluding hydrogens is 497 g/mol. The van der Waals surface area contributed by atoms with Crippen LogP contribution in [0.2, 0.25) is 0 Å². The number of pyridine rings is 1. The molecule has 0 spiro atoms.